The van der Waals surface area contributed by atoms with Crippen molar-refractivity contribution in [3.05, 3.63) is 61.2 Å². The third-order valence-electron chi connectivity index (χ3n) is 4.13. The number of benzene rings is 2. The average Bonchev–Trinajstić information content (AvgIpc) is 2.72. The topological polar surface area (TPSA) is 68.1 Å². The smallest absolute Gasteiger partial charge is 0.162 e. The van der Waals surface area contributed by atoms with Gasteiger partial charge in [-0.1, -0.05) is 42.8 Å². The van der Waals surface area contributed by atoms with Gasteiger partial charge in [0.15, 0.2) is 5.82 Å². The van der Waals surface area contributed by atoms with Gasteiger partial charge in [0.1, 0.15) is 18.4 Å². The first-order chi connectivity index (χ1) is 12.9. The van der Waals surface area contributed by atoms with Crippen molar-refractivity contribution in [1.29, 1.82) is 0 Å². The largest absolute Gasteiger partial charge is 0.493 e. The van der Waals surface area contributed by atoms with E-state index in [4.69, 9.17) is 9.84 Å². The van der Waals surface area contributed by atoms with Crippen molar-refractivity contribution in [1.82, 2.24) is 15.0 Å². The van der Waals surface area contributed by atoms with Crippen LogP contribution in [-0.2, 0) is 0 Å². The van der Waals surface area contributed by atoms with E-state index < -0.39 is 0 Å². The second-order valence-electron chi connectivity index (χ2n) is 6.03. The summed E-state index contributed by atoms with van der Waals surface area (Å²) in [4.78, 5) is 12.3. The Labute approximate surface area is 153 Å². The number of ether oxygens (including phenoxy) is 1. The maximum atomic E-state index is 8.85. The van der Waals surface area contributed by atoms with E-state index in [0.717, 1.165) is 48.1 Å². The van der Waals surface area contributed by atoms with Crippen molar-refractivity contribution in [2.75, 3.05) is 13.2 Å². The maximum absolute atomic E-state index is 8.85. The first kappa shape index (κ1) is 18.0. The highest BCUT2D eigenvalue weighted by Gasteiger charge is 2.10. The van der Waals surface area contributed by atoms with Crippen LogP contribution in [0.2, 0.25) is 0 Å². The number of unbranched alkanes of at least 4 members (excludes halogenated alkanes) is 3. The monoisotopic (exact) mass is 349 g/mol. The van der Waals surface area contributed by atoms with Crippen LogP contribution in [0.4, 0.5) is 0 Å². The number of aliphatic hydroxyl groups is 1. The Morgan fingerprint density at radius 2 is 1.58 bits per heavy atom. The van der Waals surface area contributed by atoms with Crippen LogP contribution in [0.15, 0.2) is 61.2 Å². The van der Waals surface area contributed by atoms with E-state index >= 15 is 0 Å². The third kappa shape index (κ3) is 4.86. The molecule has 5 nitrogen and oxygen atoms in total. The van der Waals surface area contributed by atoms with Crippen LogP contribution in [0.25, 0.3) is 22.5 Å². The van der Waals surface area contributed by atoms with Crippen molar-refractivity contribution in [2.24, 2.45) is 0 Å². The molecule has 0 saturated heterocycles. The van der Waals surface area contributed by atoms with Crippen molar-refractivity contribution < 1.29 is 9.84 Å². The Kier molecular flexibility index (Phi) is 6.67. The van der Waals surface area contributed by atoms with Gasteiger partial charge in [0.25, 0.3) is 0 Å². The fourth-order valence-electron chi connectivity index (χ4n) is 2.77. The molecule has 0 bridgehead atoms. The molecule has 0 spiro atoms. The molecule has 0 saturated carbocycles. The third-order valence-corrected chi connectivity index (χ3v) is 4.13. The van der Waals surface area contributed by atoms with Crippen LogP contribution in [0, 0.1) is 0 Å². The van der Waals surface area contributed by atoms with Crippen LogP contribution >= 0.6 is 0 Å². The molecule has 2 aromatic carbocycles. The minimum Gasteiger partial charge on any atom is -0.493 e. The Morgan fingerprint density at radius 3 is 2.35 bits per heavy atom. The van der Waals surface area contributed by atoms with E-state index in [9.17, 15) is 0 Å². The SMILES string of the molecule is OCCCCCCOc1cc(-c2ncncn2)ccc1-c1ccccc1. The lowest BCUT2D eigenvalue weighted by Crippen LogP contribution is -2.00. The van der Waals surface area contributed by atoms with Crippen LogP contribution in [0.1, 0.15) is 25.7 Å². The zero-order valence-corrected chi connectivity index (χ0v) is 14.7. The molecule has 3 aromatic rings. The molecule has 0 aliphatic heterocycles. The van der Waals surface area contributed by atoms with Gasteiger partial charge in [-0.15, -0.1) is 0 Å². The molecule has 0 atom stereocenters. The van der Waals surface area contributed by atoms with Gasteiger partial charge in [0.05, 0.1) is 6.61 Å². The Hall–Kier alpha value is -2.79. The average molecular weight is 349 g/mol. The van der Waals surface area contributed by atoms with Gasteiger partial charge in [-0.25, -0.2) is 15.0 Å². The molecule has 5 heteroatoms. The summed E-state index contributed by atoms with van der Waals surface area (Å²) in [5.74, 6) is 1.46. The molecule has 26 heavy (non-hydrogen) atoms. The second-order valence-corrected chi connectivity index (χ2v) is 6.03. The summed E-state index contributed by atoms with van der Waals surface area (Å²) in [6.07, 6.45) is 6.88. The first-order valence-electron chi connectivity index (χ1n) is 8.94. The highest BCUT2D eigenvalue weighted by molar-refractivity contribution is 5.74. The van der Waals surface area contributed by atoms with E-state index in [1.807, 2.05) is 30.3 Å². The maximum Gasteiger partial charge on any atom is 0.162 e. The molecule has 0 aliphatic rings. The molecule has 0 radical (unpaired) electrons. The fourth-order valence-corrected chi connectivity index (χ4v) is 2.77. The van der Waals surface area contributed by atoms with E-state index in [2.05, 4.69) is 33.2 Å². The predicted molar refractivity (Wildman–Crippen MR) is 102 cm³/mol. The molecular weight excluding hydrogens is 326 g/mol. The van der Waals surface area contributed by atoms with Gasteiger partial charge in [0.2, 0.25) is 0 Å². The number of rotatable bonds is 9. The van der Waals surface area contributed by atoms with Crippen LogP contribution < -0.4 is 4.74 Å². The lowest BCUT2D eigenvalue weighted by atomic mass is 10.0. The summed E-state index contributed by atoms with van der Waals surface area (Å²) in [6, 6.07) is 16.2. The molecule has 1 N–H and O–H groups in total. The number of hydrogen-bond donors (Lipinski definition) is 1. The van der Waals surface area contributed by atoms with Gasteiger partial charge in [0, 0.05) is 17.7 Å². The molecule has 0 fully saturated rings. The Bertz CT molecular complexity index is 795. The number of aliphatic hydroxyl groups excluding tert-OH is 1. The van der Waals surface area contributed by atoms with Crippen LogP contribution in [-0.4, -0.2) is 33.3 Å². The number of hydrogen-bond acceptors (Lipinski definition) is 5. The minimum atomic E-state index is 0.257. The molecule has 3 rings (SSSR count). The van der Waals surface area contributed by atoms with Crippen molar-refractivity contribution >= 4 is 0 Å². The first-order valence-corrected chi connectivity index (χ1v) is 8.94. The van der Waals surface area contributed by atoms with E-state index in [-0.39, 0.29) is 6.61 Å². The van der Waals surface area contributed by atoms with Gasteiger partial charge in [-0.2, -0.15) is 0 Å². The molecule has 1 aromatic heterocycles. The number of aromatic nitrogens is 3. The predicted octanol–water partition coefficient (Wildman–Crippen LogP) is 4.14. The molecule has 134 valence electrons. The normalized spacial score (nSPS) is 10.7. The van der Waals surface area contributed by atoms with Gasteiger partial charge in [-0.3, -0.25) is 0 Å². The highest BCUT2D eigenvalue weighted by atomic mass is 16.5. The molecule has 1 heterocycles. The zero-order chi connectivity index (χ0) is 18.0. The molecule has 0 aliphatic carbocycles. The lowest BCUT2D eigenvalue weighted by molar-refractivity contribution is 0.274. The van der Waals surface area contributed by atoms with Gasteiger partial charge >= 0.3 is 0 Å². The molecular formula is C21H23N3O2. The fraction of sp³-hybridized carbons (Fsp3) is 0.286. The van der Waals surface area contributed by atoms with Gasteiger partial charge in [-0.05, 0) is 37.0 Å². The lowest BCUT2D eigenvalue weighted by Gasteiger charge is -2.13. The standard InChI is InChI=1S/C21H23N3O2/c25-12-6-1-2-7-13-26-20-14-18(21-23-15-22-16-24-21)10-11-19(20)17-8-4-3-5-9-17/h3-5,8-11,14-16,25H,1-2,6-7,12-13H2. The van der Waals surface area contributed by atoms with E-state index in [1.54, 1.807) is 0 Å². The summed E-state index contributed by atoms with van der Waals surface area (Å²) in [5, 5.41) is 8.85. The summed E-state index contributed by atoms with van der Waals surface area (Å²) < 4.78 is 6.10. The summed E-state index contributed by atoms with van der Waals surface area (Å²) in [7, 11) is 0. The second kappa shape index (κ2) is 9.63. The summed E-state index contributed by atoms with van der Waals surface area (Å²) in [6.45, 7) is 0.902. The highest BCUT2D eigenvalue weighted by Crippen LogP contribution is 2.33. The van der Waals surface area contributed by atoms with E-state index in [1.165, 1.54) is 12.7 Å². The number of nitrogens with zero attached hydrogens (tertiary/aromatic N) is 3. The Balaban J connectivity index is 1.80. The van der Waals surface area contributed by atoms with Crippen molar-refractivity contribution in [3.63, 3.8) is 0 Å². The minimum absolute atomic E-state index is 0.257. The summed E-state index contributed by atoms with van der Waals surface area (Å²) >= 11 is 0. The van der Waals surface area contributed by atoms with Crippen LogP contribution in [0.5, 0.6) is 5.75 Å². The molecule has 0 unspecified atom stereocenters. The van der Waals surface area contributed by atoms with Crippen molar-refractivity contribution in [3.8, 4) is 28.3 Å². The molecule has 0 amide bonds. The zero-order valence-electron chi connectivity index (χ0n) is 14.7. The summed E-state index contributed by atoms with van der Waals surface area (Å²) in [5.41, 5.74) is 3.08. The quantitative estimate of drug-likeness (QED) is 0.588. The van der Waals surface area contributed by atoms with E-state index in [0.29, 0.717) is 12.4 Å². The Morgan fingerprint density at radius 1 is 0.808 bits per heavy atom. The van der Waals surface area contributed by atoms with Crippen molar-refractivity contribution in [2.45, 2.75) is 25.7 Å². The van der Waals surface area contributed by atoms with Gasteiger partial charge < -0.3 is 9.84 Å². The van der Waals surface area contributed by atoms with Crippen LogP contribution in [0.3, 0.4) is 0 Å².